The molecule has 30 heavy (non-hydrogen) atoms. The fourth-order valence-corrected chi connectivity index (χ4v) is 5.99. The Kier molecular flexibility index (Phi) is 4.64. The lowest BCUT2D eigenvalue weighted by molar-refractivity contribution is 0.438. The van der Waals surface area contributed by atoms with Gasteiger partial charge in [-0.2, -0.15) is 15.0 Å². The summed E-state index contributed by atoms with van der Waals surface area (Å²) >= 11 is 1.61. The van der Waals surface area contributed by atoms with Crippen molar-refractivity contribution in [1.29, 1.82) is 0 Å². The van der Waals surface area contributed by atoms with Gasteiger partial charge in [0.2, 0.25) is 17.8 Å². The summed E-state index contributed by atoms with van der Waals surface area (Å²) in [6.07, 6.45) is 6.35. The minimum Gasteiger partial charge on any atom is -0.351 e. The van der Waals surface area contributed by atoms with Crippen molar-refractivity contribution in [2.45, 2.75) is 44.2 Å². The number of rotatable bonds is 6. The number of aromatic nitrogens is 4. The average Bonchev–Trinajstić information content (AvgIpc) is 3.52. The molecule has 8 nitrogen and oxygen atoms in total. The molecule has 6 rings (SSSR count). The predicted molar refractivity (Wildman–Crippen MR) is 120 cm³/mol. The molecule has 1 saturated heterocycles. The van der Waals surface area contributed by atoms with Gasteiger partial charge in [-0.05, 0) is 56.2 Å². The molecular formula is C21H26N8S. The molecule has 4 N–H and O–H groups in total. The van der Waals surface area contributed by atoms with E-state index in [1.54, 1.807) is 11.3 Å². The number of para-hydroxylation sites is 1. The third-order valence-electron chi connectivity index (χ3n) is 6.59. The molecule has 2 aromatic heterocycles. The Bertz CT molecular complexity index is 1010. The quantitative estimate of drug-likeness (QED) is 0.478. The molecule has 0 radical (unpaired) electrons. The molecule has 3 heterocycles. The summed E-state index contributed by atoms with van der Waals surface area (Å²) in [5.41, 5.74) is 0.981. The topological polar surface area (TPSA) is 99.7 Å². The van der Waals surface area contributed by atoms with Crippen LogP contribution < -0.4 is 21.3 Å². The van der Waals surface area contributed by atoms with E-state index in [0.29, 0.717) is 29.9 Å². The van der Waals surface area contributed by atoms with Crippen LogP contribution in [-0.4, -0.2) is 45.1 Å². The fourth-order valence-electron chi connectivity index (χ4n) is 5.13. The van der Waals surface area contributed by atoms with Crippen LogP contribution in [0, 0.1) is 11.8 Å². The summed E-state index contributed by atoms with van der Waals surface area (Å²) in [5.74, 6) is 3.43. The van der Waals surface area contributed by atoms with Crippen molar-refractivity contribution >= 4 is 44.5 Å². The summed E-state index contributed by atoms with van der Waals surface area (Å²) in [5, 5.41) is 14.6. The minimum atomic E-state index is 0.345. The summed E-state index contributed by atoms with van der Waals surface area (Å²) in [6, 6.07) is 8.95. The van der Waals surface area contributed by atoms with Crippen LogP contribution in [0.2, 0.25) is 0 Å². The number of fused-ring (bicyclic) bond motifs is 3. The van der Waals surface area contributed by atoms with Crippen LogP contribution >= 0.6 is 11.3 Å². The van der Waals surface area contributed by atoms with Gasteiger partial charge in [0, 0.05) is 18.6 Å². The third-order valence-corrected chi connectivity index (χ3v) is 7.55. The van der Waals surface area contributed by atoms with E-state index >= 15 is 0 Å². The normalized spacial score (nSPS) is 27.6. The van der Waals surface area contributed by atoms with E-state index in [0.717, 1.165) is 46.7 Å². The number of hydrogen-bond donors (Lipinski definition) is 4. The molecule has 3 aromatic rings. The molecule has 2 saturated carbocycles. The van der Waals surface area contributed by atoms with Crippen molar-refractivity contribution in [3.05, 3.63) is 24.3 Å². The van der Waals surface area contributed by atoms with Crippen LogP contribution in [-0.2, 0) is 0 Å². The van der Waals surface area contributed by atoms with Gasteiger partial charge in [-0.25, -0.2) is 4.98 Å². The van der Waals surface area contributed by atoms with Crippen molar-refractivity contribution in [2.75, 3.05) is 29.0 Å². The number of benzene rings is 1. The smallest absolute Gasteiger partial charge is 0.235 e. The highest BCUT2D eigenvalue weighted by Gasteiger charge is 2.39. The Hall–Kier alpha value is -2.52. The number of hydrogen-bond acceptors (Lipinski definition) is 9. The molecule has 9 heteroatoms. The van der Waals surface area contributed by atoms with Gasteiger partial charge in [0.05, 0.1) is 10.2 Å². The van der Waals surface area contributed by atoms with E-state index in [1.807, 2.05) is 18.2 Å². The van der Waals surface area contributed by atoms with Gasteiger partial charge < -0.3 is 16.0 Å². The second-order valence-corrected chi connectivity index (χ2v) is 9.71. The van der Waals surface area contributed by atoms with Crippen molar-refractivity contribution in [3.8, 4) is 0 Å². The van der Waals surface area contributed by atoms with E-state index in [4.69, 9.17) is 4.98 Å². The largest absolute Gasteiger partial charge is 0.351 e. The molecule has 1 aliphatic heterocycles. The van der Waals surface area contributed by atoms with Gasteiger partial charge in [-0.1, -0.05) is 29.9 Å². The van der Waals surface area contributed by atoms with Crippen LogP contribution in [0.4, 0.5) is 23.0 Å². The monoisotopic (exact) mass is 422 g/mol. The highest BCUT2D eigenvalue weighted by molar-refractivity contribution is 7.22. The Morgan fingerprint density at radius 3 is 2.53 bits per heavy atom. The lowest BCUT2D eigenvalue weighted by Crippen LogP contribution is -2.28. The van der Waals surface area contributed by atoms with Crippen molar-refractivity contribution in [3.63, 3.8) is 0 Å². The van der Waals surface area contributed by atoms with Gasteiger partial charge in [0.25, 0.3) is 0 Å². The maximum absolute atomic E-state index is 4.70. The first-order valence-electron chi connectivity index (χ1n) is 10.9. The lowest BCUT2D eigenvalue weighted by Gasteiger charge is -2.23. The zero-order valence-corrected chi connectivity index (χ0v) is 17.6. The maximum atomic E-state index is 4.70. The Morgan fingerprint density at radius 1 is 0.900 bits per heavy atom. The van der Waals surface area contributed by atoms with Gasteiger partial charge in [0.1, 0.15) is 0 Å². The molecule has 156 valence electrons. The molecule has 1 aromatic carbocycles. The van der Waals surface area contributed by atoms with Crippen molar-refractivity contribution in [1.82, 2.24) is 25.3 Å². The first-order valence-corrected chi connectivity index (χ1v) is 11.7. The van der Waals surface area contributed by atoms with Crippen molar-refractivity contribution in [2.24, 2.45) is 11.8 Å². The fraction of sp³-hybridized carbons (Fsp3) is 0.524. The van der Waals surface area contributed by atoms with Crippen molar-refractivity contribution < 1.29 is 0 Å². The van der Waals surface area contributed by atoms with E-state index in [-0.39, 0.29) is 0 Å². The Balaban J connectivity index is 1.27. The van der Waals surface area contributed by atoms with E-state index < -0.39 is 0 Å². The predicted octanol–water partition coefficient (Wildman–Crippen LogP) is 3.60. The van der Waals surface area contributed by atoms with E-state index in [2.05, 4.69) is 42.3 Å². The highest BCUT2D eigenvalue weighted by Crippen LogP contribution is 2.45. The molecular weight excluding hydrogens is 396 g/mol. The number of anilines is 4. The van der Waals surface area contributed by atoms with Gasteiger partial charge in [-0.15, -0.1) is 0 Å². The summed E-state index contributed by atoms with van der Waals surface area (Å²) in [6.45, 7) is 1.96. The van der Waals surface area contributed by atoms with Crippen LogP contribution in [0.3, 0.4) is 0 Å². The SMILES string of the molecule is c1ccc2sc(Nc3nc(NC4C[C@H]5CC[C@@H]4C5)nc(N[C@@H]4CCNC4)n3)nc2c1. The third kappa shape index (κ3) is 3.67. The van der Waals surface area contributed by atoms with Crippen LogP contribution in [0.5, 0.6) is 0 Å². The first kappa shape index (κ1) is 18.3. The molecule has 3 fully saturated rings. The zero-order chi connectivity index (χ0) is 19.9. The molecule has 2 bridgehead atoms. The Labute approximate surface area is 179 Å². The van der Waals surface area contributed by atoms with Crippen LogP contribution in [0.15, 0.2) is 24.3 Å². The Morgan fingerprint density at radius 2 is 1.77 bits per heavy atom. The zero-order valence-electron chi connectivity index (χ0n) is 16.8. The second-order valence-electron chi connectivity index (χ2n) is 8.68. The lowest BCUT2D eigenvalue weighted by atomic mass is 9.95. The molecule has 3 aliphatic rings. The standard InChI is InChI=1S/C21H26N8S/c1-2-4-17-15(3-1)25-21(30-17)29-20-27-18(23-14-7-8-22-11-14)26-19(28-20)24-16-10-12-5-6-13(16)9-12/h1-4,12-14,16,22H,5-11H2,(H3,23,24,25,26,27,28,29)/t12-,13+,14+,16?/m0/s1. The second kappa shape index (κ2) is 7.63. The first-order chi connectivity index (χ1) is 14.8. The molecule has 0 amide bonds. The highest BCUT2D eigenvalue weighted by atomic mass is 32.1. The summed E-state index contributed by atoms with van der Waals surface area (Å²) in [4.78, 5) is 18.7. The molecule has 4 atom stereocenters. The van der Waals surface area contributed by atoms with Crippen LogP contribution in [0.25, 0.3) is 10.2 Å². The average molecular weight is 423 g/mol. The van der Waals surface area contributed by atoms with E-state index in [9.17, 15) is 0 Å². The number of thiazole rings is 1. The van der Waals surface area contributed by atoms with Gasteiger partial charge in [-0.3, -0.25) is 5.32 Å². The van der Waals surface area contributed by atoms with Crippen LogP contribution in [0.1, 0.15) is 32.1 Å². The number of nitrogens with zero attached hydrogens (tertiary/aromatic N) is 4. The van der Waals surface area contributed by atoms with Gasteiger partial charge in [0.15, 0.2) is 5.13 Å². The maximum Gasteiger partial charge on any atom is 0.235 e. The molecule has 1 unspecified atom stereocenters. The summed E-state index contributed by atoms with van der Waals surface area (Å²) in [7, 11) is 0. The van der Waals surface area contributed by atoms with Gasteiger partial charge >= 0.3 is 0 Å². The van der Waals surface area contributed by atoms with E-state index in [1.165, 1.54) is 25.7 Å². The molecule has 2 aliphatic carbocycles. The number of nitrogens with one attached hydrogen (secondary N) is 4. The molecule has 0 spiro atoms. The summed E-state index contributed by atoms with van der Waals surface area (Å²) < 4.78 is 1.14. The minimum absolute atomic E-state index is 0.345.